The van der Waals surface area contributed by atoms with Crippen molar-refractivity contribution in [1.82, 2.24) is 4.98 Å². The lowest BCUT2D eigenvalue weighted by molar-refractivity contribution is -0.384. The summed E-state index contributed by atoms with van der Waals surface area (Å²) in [7, 11) is 0. The molecule has 3 N–H and O–H groups in total. The highest BCUT2D eigenvalue weighted by Gasteiger charge is 2.25. The summed E-state index contributed by atoms with van der Waals surface area (Å²) >= 11 is 0. The first-order chi connectivity index (χ1) is 9.83. The number of nitro benzene ring substituents is 1. The van der Waals surface area contributed by atoms with E-state index >= 15 is 0 Å². The van der Waals surface area contributed by atoms with Crippen molar-refractivity contribution in [1.29, 1.82) is 0 Å². The number of nitrogens with one attached hydrogen (secondary N) is 1. The minimum absolute atomic E-state index is 0.0195. The first-order valence-corrected chi connectivity index (χ1v) is 6.86. The first kappa shape index (κ1) is 15.2. The van der Waals surface area contributed by atoms with Crippen LogP contribution in [0.25, 0.3) is 11.1 Å². The highest BCUT2D eigenvalue weighted by atomic mass is 16.6. The van der Waals surface area contributed by atoms with E-state index in [0.717, 1.165) is 6.42 Å². The summed E-state index contributed by atoms with van der Waals surface area (Å²) < 4.78 is 5.56. The van der Waals surface area contributed by atoms with Crippen molar-refractivity contribution in [2.75, 3.05) is 11.9 Å². The van der Waals surface area contributed by atoms with Gasteiger partial charge in [-0.3, -0.25) is 10.1 Å². The molecule has 7 heteroatoms. The van der Waals surface area contributed by atoms with Crippen LogP contribution in [0.15, 0.2) is 22.6 Å². The summed E-state index contributed by atoms with van der Waals surface area (Å²) in [4.78, 5) is 14.6. The SMILES string of the molecule is CC(C)CC(C)(CN)Nc1nc2ccc([N+](=O)[O-])cc2o1. The Hall–Kier alpha value is -2.15. The standard InChI is InChI=1S/C14H20N4O3/c1-9(2)7-14(3,8-15)17-13-16-11-5-4-10(18(19)20)6-12(11)21-13/h4-6,9H,7-8,15H2,1-3H3,(H,16,17). The summed E-state index contributed by atoms with van der Waals surface area (Å²) in [6.07, 6.45) is 0.863. The number of nitrogens with zero attached hydrogens (tertiary/aromatic N) is 2. The molecule has 0 spiro atoms. The molecule has 0 saturated heterocycles. The van der Waals surface area contributed by atoms with Gasteiger partial charge in [0.1, 0.15) is 5.52 Å². The number of hydrogen-bond donors (Lipinski definition) is 2. The Bertz CT molecular complexity index is 653. The number of hydrogen-bond acceptors (Lipinski definition) is 6. The predicted molar refractivity (Wildman–Crippen MR) is 81.2 cm³/mol. The number of anilines is 1. The summed E-state index contributed by atoms with van der Waals surface area (Å²) in [5, 5.41) is 14.0. The first-order valence-electron chi connectivity index (χ1n) is 6.86. The number of nitrogens with two attached hydrogens (primary N) is 1. The quantitative estimate of drug-likeness (QED) is 0.626. The average molecular weight is 292 g/mol. The van der Waals surface area contributed by atoms with Crippen LogP contribution in [0, 0.1) is 16.0 Å². The molecule has 0 aliphatic rings. The molecule has 2 rings (SSSR count). The molecule has 1 unspecified atom stereocenters. The van der Waals surface area contributed by atoms with Crippen LogP contribution >= 0.6 is 0 Å². The van der Waals surface area contributed by atoms with E-state index in [1.807, 2.05) is 6.92 Å². The van der Waals surface area contributed by atoms with Crippen molar-refractivity contribution < 1.29 is 9.34 Å². The minimum Gasteiger partial charge on any atom is -0.423 e. The van der Waals surface area contributed by atoms with E-state index in [0.29, 0.717) is 29.6 Å². The van der Waals surface area contributed by atoms with Gasteiger partial charge in [0, 0.05) is 12.6 Å². The van der Waals surface area contributed by atoms with E-state index in [2.05, 4.69) is 24.1 Å². The van der Waals surface area contributed by atoms with E-state index in [-0.39, 0.29) is 11.2 Å². The zero-order valence-electron chi connectivity index (χ0n) is 12.4. The lowest BCUT2D eigenvalue weighted by Crippen LogP contribution is -2.43. The number of aromatic nitrogens is 1. The van der Waals surface area contributed by atoms with Gasteiger partial charge in [-0.2, -0.15) is 4.98 Å². The maximum absolute atomic E-state index is 10.8. The molecule has 2 aromatic rings. The van der Waals surface area contributed by atoms with Gasteiger partial charge < -0.3 is 15.5 Å². The van der Waals surface area contributed by atoms with Gasteiger partial charge in [-0.15, -0.1) is 0 Å². The Morgan fingerprint density at radius 1 is 1.52 bits per heavy atom. The third-order valence-electron chi connectivity index (χ3n) is 3.30. The minimum atomic E-state index is -0.460. The molecule has 0 aliphatic heterocycles. The van der Waals surface area contributed by atoms with Crippen molar-refractivity contribution in [3.63, 3.8) is 0 Å². The molecule has 114 valence electrons. The predicted octanol–water partition coefficient (Wildman–Crippen LogP) is 2.91. The zero-order valence-corrected chi connectivity index (χ0v) is 12.4. The fourth-order valence-electron chi connectivity index (χ4n) is 2.42. The molecule has 0 aliphatic carbocycles. The van der Waals surface area contributed by atoms with Crippen LogP contribution in [-0.2, 0) is 0 Å². The third-order valence-corrected chi connectivity index (χ3v) is 3.30. The van der Waals surface area contributed by atoms with Crippen molar-refractivity contribution in [3.8, 4) is 0 Å². The van der Waals surface area contributed by atoms with Gasteiger partial charge >= 0.3 is 0 Å². The lowest BCUT2D eigenvalue weighted by atomic mass is 9.91. The van der Waals surface area contributed by atoms with Crippen LogP contribution in [0.1, 0.15) is 27.2 Å². The van der Waals surface area contributed by atoms with Crippen molar-refractivity contribution in [2.24, 2.45) is 11.7 Å². The molecule has 1 aromatic heterocycles. The van der Waals surface area contributed by atoms with Gasteiger partial charge in [0.2, 0.25) is 0 Å². The summed E-state index contributed by atoms with van der Waals surface area (Å²) in [6, 6.07) is 4.68. The molecule has 1 atom stereocenters. The molecule has 1 aromatic carbocycles. The highest BCUT2D eigenvalue weighted by molar-refractivity contribution is 5.77. The fraction of sp³-hybridized carbons (Fsp3) is 0.500. The number of fused-ring (bicyclic) bond motifs is 1. The number of benzene rings is 1. The Balaban J connectivity index is 2.28. The molecule has 0 amide bonds. The topological polar surface area (TPSA) is 107 Å². The maximum atomic E-state index is 10.8. The number of oxazole rings is 1. The maximum Gasteiger partial charge on any atom is 0.296 e. The van der Waals surface area contributed by atoms with Crippen LogP contribution in [0.4, 0.5) is 11.7 Å². The monoisotopic (exact) mass is 292 g/mol. The van der Waals surface area contributed by atoms with Crippen molar-refractivity contribution in [3.05, 3.63) is 28.3 Å². The van der Waals surface area contributed by atoms with E-state index in [4.69, 9.17) is 10.2 Å². The molecule has 7 nitrogen and oxygen atoms in total. The van der Waals surface area contributed by atoms with E-state index in [1.54, 1.807) is 6.07 Å². The van der Waals surface area contributed by atoms with E-state index in [9.17, 15) is 10.1 Å². The van der Waals surface area contributed by atoms with Crippen molar-refractivity contribution >= 4 is 22.8 Å². The number of nitro groups is 1. The van der Waals surface area contributed by atoms with Crippen LogP contribution < -0.4 is 11.1 Å². The summed E-state index contributed by atoms with van der Waals surface area (Å²) in [6.45, 7) is 6.67. The van der Waals surface area contributed by atoms with Crippen molar-refractivity contribution in [2.45, 2.75) is 32.7 Å². The smallest absolute Gasteiger partial charge is 0.296 e. The number of rotatable bonds is 6. The molecular formula is C14H20N4O3. The molecule has 0 radical (unpaired) electrons. The van der Waals surface area contributed by atoms with Gasteiger partial charge in [-0.1, -0.05) is 13.8 Å². The zero-order chi connectivity index (χ0) is 15.6. The Morgan fingerprint density at radius 2 is 2.24 bits per heavy atom. The van der Waals surface area contributed by atoms with Gasteiger partial charge in [0.15, 0.2) is 5.58 Å². The normalized spacial score (nSPS) is 14.3. The Kier molecular flexibility index (Phi) is 4.13. The molecular weight excluding hydrogens is 272 g/mol. The van der Waals surface area contributed by atoms with Crippen LogP contribution in [0.5, 0.6) is 0 Å². The molecule has 0 bridgehead atoms. The second-order valence-electron chi connectivity index (χ2n) is 5.92. The van der Waals surface area contributed by atoms with E-state index in [1.165, 1.54) is 12.1 Å². The molecule has 0 saturated carbocycles. The second-order valence-corrected chi connectivity index (χ2v) is 5.92. The molecule has 21 heavy (non-hydrogen) atoms. The highest BCUT2D eigenvalue weighted by Crippen LogP contribution is 2.27. The molecule has 0 fully saturated rings. The van der Waals surface area contributed by atoms with Gasteiger partial charge in [-0.05, 0) is 25.3 Å². The summed E-state index contributed by atoms with van der Waals surface area (Å²) in [5.41, 5.74) is 6.45. The summed E-state index contributed by atoms with van der Waals surface area (Å²) in [5.74, 6) is 0.469. The lowest BCUT2D eigenvalue weighted by Gasteiger charge is -2.30. The molecule has 1 heterocycles. The van der Waals surface area contributed by atoms with Gasteiger partial charge in [0.05, 0.1) is 16.5 Å². The van der Waals surface area contributed by atoms with Crippen LogP contribution in [0.2, 0.25) is 0 Å². The van der Waals surface area contributed by atoms with Crippen LogP contribution in [0.3, 0.4) is 0 Å². The van der Waals surface area contributed by atoms with Gasteiger partial charge in [-0.25, -0.2) is 0 Å². The fourth-order valence-corrected chi connectivity index (χ4v) is 2.42. The largest absolute Gasteiger partial charge is 0.423 e. The average Bonchev–Trinajstić information content (AvgIpc) is 2.78. The third kappa shape index (κ3) is 3.49. The van der Waals surface area contributed by atoms with Crippen LogP contribution in [-0.4, -0.2) is 22.0 Å². The second kappa shape index (κ2) is 5.69. The Morgan fingerprint density at radius 3 is 2.81 bits per heavy atom. The van der Waals surface area contributed by atoms with E-state index < -0.39 is 4.92 Å². The number of non-ortho nitro benzene ring substituents is 1. The Labute approximate surface area is 122 Å². The van der Waals surface area contributed by atoms with Gasteiger partial charge in [0.25, 0.3) is 11.7 Å².